The van der Waals surface area contributed by atoms with Crippen LogP contribution in [0, 0.1) is 5.82 Å². The molecular formula is C17H14ClFN4O4S. The molecule has 0 aliphatic rings. The van der Waals surface area contributed by atoms with Crippen molar-refractivity contribution >= 4 is 50.0 Å². The van der Waals surface area contributed by atoms with Gasteiger partial charge in [0, 0.05) is 19.4 Å². The fourth-order valence-electron chi connectivity index (χ4n) is 2.62. The highest BCUT2D eigenvalue weighted by atomic mass is 35.5. The number of hydrogen-bond donors (Lipinski definition) is 2. The number of pyridine rings is 1. The standard InChI is InChI=1S/C17H14ClFN4O4S/c1-9(24)22-28(26,27)15-6-3-10(8-20-15)21-17(25)14-7-11-13(23(14)2)5-4-12(19)16(11)18/h3-8H,1-2H3,(H,21,25)(H,22,24). The number of carbonyl (C=O) groups excluding carboxylic acids is 2. The Hall–Kier alpha value is -2.98. The summed E-state index contributed by atoms with van der Waals surface area (Å²) in [5, 5.41) is 2.51. The number of hydrogen-bond acceptors (Lipinski definition) is 5. The number of nitrogens with one attached hydrogen (secondary N) is 2. The monoisotopic (exact) mass is 424 g/mol. The van der Waals surface area contributed by atoms with E-state index in [2.05, 4.69) is 10.3 Å². The van der Waals surface area contributed by atoms with Crippen molar-refractivity contribution in [3.8, 4) is 0 Å². The first-order valence-electron chi connectivity index (χ1n) is 7.84. The van der Waals surface area contributed by atoms with E-state index < -0.39 is 27.7 Å². The summed E-state index contributed by atoms with van der Waals surface area (Å²) in [5.74, 6) is -1.86. The van der Waals surface area contributed by atoms with Crippen LogP contribution in [0.4, 0.5) is 10.1 Å². The summed E-state index contributed by atoms with van der Waals surface area (Å²) in [4.78, 5) is 27.2. The van der Waals surface area contributed by atoms with Crippen molar-refractivity contribution in [2.75, 3.05) is 5.32 Å². The molecule has 0 aliphatic heterocycles. The van der Waals surface area contributed by atoms with E-state index in [0.717, 1.165) is 19.2 Å². The molecule has 0 unspecified atom stereocenters. The number of anilines is 1. The van der Waals surface area contributed by atoms with Gasteiger partial charge < -0.3 is 9.88 Å². The molecule has 8 nitrogen and oxygen atoms in total. The number of aromatic nitrogens is 2. The zero-order chi connectivity index (χ0) is 20.6. The number of benzene rings is 1. The second-order valence-electron chi connectivity index (χ2n) is 5.88. The molecule has 146 valence electrons. The summed E-state index contributed by atoms with van der Waals surface area (Å²) in [6.45, 7) is 1.06. The van der Waals surface area contributed by atoms with E-state index in [4.69, 9.17) is 11.6 Å². The van der Waals surface area contributed by atoms with Gasteiger partial charge >= 0.3 is 0 Å². The third-order valence-electron chi connectivity index (χ3n) is 3.89. The summed E-state index contributed by atoms with van der Waals surface area (Å²) >= 11 is 5.96. The Morgan fingerprint density at radius 3 is 2.54 bits per heavy atom. The molecule has 0 atom stereocenters. The number of nitrogens with zero attached hydrogens (tertiary/aromatic N) is 2. The topological polar surface area (TPSA) is 110 Å². The molecule has 0 aliphatic carbocycles. The van der Waals surface area contributed by atoms with E-state index in [0.29, 0.717) is 10.9 Å². The lowest BCUT2D eigenvalue weighted by molar-refractivity contribution is -0.117. The maximum Gasteiger partial charge on any atom is 0.281 e. The lowest BCUT2D eigenvalue weighted by Gasteiger charge is -2.08. The second kappa shape index (κ2) is 7.21. The molecule has 0 bridgehead atoms. The highest BCUT2D eigenvalue weighted by Gasteiger charge is 2.19. The smallest absolute Gasteiger partial charge is 0.281 e. The van der Waals surface area contributed by atoms with Crippen LogP contribution in [0.25, 0.3) is 10.9 Å². The predicted octanol–water partition coefficient (Wildman–Crippen LogP) is 2.44. The van der Waals surface area contributed by atoms with Gasteiger partial charge in [0.25, 0.3) is 15.9 Å². The third-order valence-corrected chi connectivity index (χ3v) is 5.63. The lowest BCUT2D eigenvalue weighted by atomic mass is 10.2. The van der Waals surface area contributed by atoms with Crippen LogP contribution in [0.1, 0.15) is 17.4 Å². The Morgan fingerprint density at radius 1 is 1.21 bits per heavy atom. The number of sulfonamides is 1. The van der Waals surface area contributed by atoms with Crippen molar-refractivity contribution in [1.29, 1.82) is 0 Å². The molecule has 0 radical (unpaired) electrons. The Balaban J connectivity index is 1.86. The SMILES string of the molecule is CC(=O)NS(=O)(=O)c1ccc(NC(=O)c2cc3c(Cl)c(F)ccc3n2C)cn1. The van der Waals surface area contributed by atoms with Crippen molar-refractivity contribution in [3.63, 3.8) is 0 Å². The summed E-state index contributed by atoms with van der Waals surface area (Å²) < 4.78 is 40.7. The van der Waals surface area contributed by atoms with E-state index >= 15 is 0 Å². The average molecular weight is 425 g/mol. The fraction of sp³-hybridized carbons (Fsp3) is 0.118. The van der Waals surface area contributed by atoms with Crippen molar-refractivity contribution in [2.45, 2.75) is 11.9 Å². The van der Waals surface area contributed by atoms with Crippen LogP contribution >= 0.6 is 11.6 Å². The van der Waals surface area contributed by atoms with Gasteiger partial charge in [0.15, 0.2) is 5.03 Å². The molecule has 3 aromatic rings. The normalized spacial score (nSPS) is 11.4. The van der Waals surface area contributed by atoms with Gasteiger partial charge in [0.1, 0.15) is 11.5 Å². The van der Waals surface area contributed by atoms with Crippen LogP contribution in [0.3, 0.4) is 0 Å². The van der Waals surface area contributed by atoms with Gasteiger partial charge in [0.2, 0.25) is 5.91 Å². The number of amides is 2. The minimum atomic E-state index is -4.07. The van der Waals surface area contributed by atoms with E-state index in [1.165, 1.54) is 24.3 Å². The van der Waals surface area contributed by atoms with Crippen LogP contribution in [0.15, 0.2) is 41.6 Å². The maximum absolute atomic E-state index is 13.6. The van der Waals surface area contributed by atoms with Gasteiger partial charge in [-0.2, -0.15) is 8.42 Å². The van der Waals surface area contributed by atoms with E-state index in [-0.39, 0.29) is 21.4 Å². The molecule has 11 heteroatoms. The first-order chi connectivity index (χ1) is 13.1. The van der Waals surface area contributed by atoms with Gasteiger partial charge in [0.05, 0.1) is 22.4 Å². The predicted molar refractivity (Wildman–Crippen MR) is 101 cm³/mol. The van der Waals surface area contributed by atoms with E-state index in [9.17, 15) is 22.4 Å². The zero-order valence-corrected chi connectivity index (χ0v) is 16.2. The molecule has 0 saturated carbocycles. The van der Waals surface area contributed by atoms with Crippen molar-refractivity contribution in [1.82, 2.24) is 14.3 Å². The van der Waals surface area contributed by atoms with Crippen molar-refractivity contribution in [2.24, 2.45) is 7.05 Å². The van der Waals surface area contributed by atoms with Crippen LogP contribution in [-0.2, 0) is 21.9 Å². The minimum Gasteiger partial charge on any atom is -0.340 e. The Morgan fingerprint density at radius 2 is 1.93 bits per heavy atom. The molecule has 0 fully saturated rings. The molecule has 0 saturated heterocycles. The van der Waals surface area contributed by atoms with Crippen molar-refractivity contribution < 1.29 is 22.4 Å². The van der Waals surface area contributed by atoms with E-state index in [1.807, 2.05) is 0 Å². The fourth-order valence-corrected chi connectivity index (χ4v) is 3.75. The Bertz CT molecular complexity index is 1210. The van der Waals surface area contributed by atoms with Crippen LogP contribution in [0.5, 0.6) is 0 Å². The van der Waals surface area contributed by atoms with Gasteiger partial charge in [-0.05, 0) is 30.3 Å². The molecule has 2 aromatic heterocycles. The first kappa shape index (κ1) is 19.8. The quantitative estimate of drug-likeness (QED) is 0.668. The molecule has 2 amide bonds. The van der Waals surface area contributed by atoms with Crippen molar-refractivity contribution in [3.05, 3.63) is 53.1 Å². The van der Waals surface area contributed by atoms with Gasteiger partial charge in [-0.15, -0.1) is 0 Å². The zero-order valence-electron chi connectivity index (χ0n) is 14.7. The molecule has 2 heterocycles. The lowest BCUT2D eigenvalue weighted by Crippen LogP contribution is -2.28. The Labute approximate surface area is 164 Å². The molecule has 1 aromatic carbocycles. The molecule has 3 rings (SSSR count). The van der Waals surface area contributed by atoms with Gasteiger partial charge in [-0.1, -0.05) is 11.6 Å². The van der Waals surface area contributed by atoms with Crippen LogP contribution in [0.2, 0.25) is 5.02 Å². The number of fused-ring (bicyclic) bond motifs is 1. The highest BCUT2D eigenvalue weighted by Crippen LogP contribution is 2.29. The molecular weight excluding hydrogens is 411 g/mol. The largest absolute Gasteiger partial charge is 0.340 e. The first-order valence-corrected chi connectivity index (χ1v) is 9.70. The van der Waals surface area contributed by atoms with Crippen LogP contribution < -0.4 is 10.0 Å². The summed E-state index contributed by atoms with van der Waals surface area (Å²) in [6.07, 6.45) is 1.14. The number of rotatable bonds is 4. The third kappa shape index (κ3) is 3.69. The highest BCUT2D eigenvalue weighted by molar-refractivity contribution is 7.90. The second-order valence-corrected chi connectivity index (χ2v) is 7.89. The minimum absolute atomic E-state index is 0.0821. The number of halogens is 2. The molecule has 0 spiro atoms. The van der Waals surface area contributed by atoms with Gasteiger partial charge in [-0.3, -0.25) is 9.59 Å². The molecule has 2 N–H and O–H groups in total. The summed E-state index contributed by atoms with van der Waals surface area (Å²) in [7, 11) is -2.44. The average Bonchev–Trinajstić information content (AvgIpc) is 2.95. The van der Waals surface area contributed by atoms with Gasteiger partial charge in [-0.25, -0.2) is 14.1 Å². The number of carbonyl (C=O) groups is 2. The Kier molecular flexibility index (Phi) is 5.09. The molecule has 28 heavy (non-hydrogen) atoms. The number of aryl methyl sites for hydroxylation is 1. The summed E-state index contributed by atoms with van der Waals surface area (Å²) in [5.41, 5.74) is 1.03. The van der Waals surface area contributed by atoms with Crippen LogP contribution in [-0.4, -0.2) is 29.8 Å². The van der Waals surface area contributed by atoms with E-state index in [1.54, 1.807) is 16.3 Å². The summed E-state index contributed by atoms with van der Waals surface area (Å²) in [6, 6.07) is 6.66. The maximum atomic E-state index is 13.6.